The molecule has 3 N–H and O–H groups in total. The lowest BCUT2D eigenvalue weighted by Gasteiger charge is -2.22. The van der Waals surface area contributed by atoms with E-state index < -0.39 is 6.10 Å². The van der Waals surface area contributed by atoms with Crippen LogP contribution in [0.2, 0.25) is 5.02 Å². The van der Waals surface area contributed by atoms with Crippen LogP contribution in [0.15, 0.2) is 22.7 Å². The molecule has 2 unspecified atom stereocenters. The molecular formula is C12H17BrClNO. The summed E-state index contributed by atoms with van der Waals surface area (Å²) in [5, 5.41) is 10.9. The SMILES string of the molecule is CCCC(CN)C(O)c1cc(Cl)ccc1Br. The zero-order valence-corrected chi connectivity index (χ0v) is 11.6. The van der Waals surface area contributed by atoms with Crippen LogP contribution in [0.1, 0.15) is 31.4 Å². The Morgan fingerprint density at radius 2 is 2.19 bits per heavy atom. The second-order valence-electron chi connectivity index (χ2n) is 3.90. The van der Waals surface area contributed by atoms with Crippen molar-refractivity contribution in [2.24, 2.45) is 11.7 Å². The molecule has 2 nitrogen and oxygen atoms in total. The molecule has 0 bridgehead atoms. The van der Waals surface area contributed by atoms with E-state index in [1.54, 1.807) is 12.1 Å². The van der Waals surface area contributed by atoms with E-state index >= 15 is 0 Å². The molecule has 0 aliphatic heterocycles. The smallest absolute Gasteiger partial charge is 0.0841 e. The molecule has 90 valence electrons. The summed E-state index contributed by atoms with van der Waals surface area (Å²) in [7, 11) is 0. The van der Waals surface area contributed by atoms with Crippen molar-refractivity contribution in [1.29, 1.82) is 0 Å². The first-order valence-electron chi connectivity index (χ1n) is 5.43. The van der Waals surface area contributed by atoms with Crippen LogP contribution in [0, 0.1) is 5.92 Å². The van der Waals surface area contributed by atoms with Crippen LogP contribution in [-0.4, -0.2) is 11.7 Å². The molecule has 1 rings (SSSR count). The number of rotatable bonds is 5. The highest BCUT2D eigenvalue weighted by molar-refractivity contribution is 9.10. The molecule has 1 aromatic carbocycles. The van der Waals surface area contributed by atoms with Gasteiger partial charge in [-0.15, -0.1) is 0 Å². The quantitative estimate of drug-likeness (QED) is 0.874. The Bertz CT molecular complexity index is 346. The van der Waals surface area contributed by atoms with Gasteiger partial charge < -0.3 is 10.8 Å². The average molecular weight is 307 g/mol. The minimum Gasteiger partial charge on any atom is -0.388 e. The van der Waals surface area contributed by atoms with Crippen LogP contribution in [0.5, 0.6) is 0 Å². The van der Waals surface area contributed by atoms with Crippen molar-refractivity contribution in [3.05, 3.63) is 33.3 Å². The maximum atomic E-state index is 10.2. The van der Waals surface area contributed by atoms with Gasteiger partial charge in [0.2, 0.25) is 0 Å². The maximum Gasteiger partial charge on any atom is 0.0841 e. The molecule has 0 radical (unpaired) electrons. The summed E-state index contributed by atoms with van der Waals surface area (Å²) in [6.07, 6.45) is 1.37. The zero-order valence-electron chi connectivity index (χ0n) is 9.29. The second-order valence-corrected chi connectivity index (χ2v) is 5.19. The Morgan fingerprint density at radius 1 is 1.50 bits per heavy atom. The largest absolute Gasteiger partial charge is 0.388 e. The molecule has 0 aliphatic carbocycles. The van der Waals surface area contributed by atoms with Crippen molar-refractivity contribution in [3.63, 3.8) is 0 Å². The van der Waals surface area contributed by atoms with Gasteiger partial charge >= 0.3 is 0 Å². The Labute approximate surface area is 110 Å². The molecule has 1 aromatic rings. The first-order chi connectivity index (χ1) is 7.60. The van der Waals surface area contributed by atoms with Gasteiger partial charge in [0.1, 0.15) is 0 Å². The molecular weight excluding hydrogens is 289 g/mol. The fourth-order valence-electron chi connectivity index (χ4n) is 1.77. The van der Waals surface area contributed by atoms with Crippen LogP contribution in [0.3, 0.4) is 0 Å². The summed E-state index contributed by atoms with van der Waals surface area (Å²) >= 11 is 9.34. The third kappa shape index (κ3) is 3.45. The molecule has 0 amide bonds. The molecule has 4 heteroatoms. The van der Waals surface area contributed by atoms with Crippen molar-refractivity contribution in [3.8, 4) is 0 Å². The predicted molar refractivity (Wildman–Crippen MR) is 71.6 cm³/mol. The number of benzene rings is 1. The third-order valence-corrected chi connectivity index (χ3v) is 3.64. The van der Waals surface area contributed by atoms with Gasteiger partial charge in [0.25, 0.3) is 0 Å². The topological polar surface area (TPSA) is 46.2 Å². The average Bonchev–Trinajstić information content (AvgIpc) is 2.28. The third-order valence-electron chi connectivity index (χ3n) is 2.69. The van der Waals surface area contributed by atoms with E-state index in [1.807, 2.05) is 6.07 Å². The summed E-state index contributed by atoms with van der Waals surface area (Å²) in [4.78, 5) is 0. The number of halogens is 2. The normalized spacial score (nSPS) is 14.8. The molecule has 0 spiro atoms. The monoisotopic (exact) mass is 305 g/mol. The van der Waals surface area contributed by atoms with Gasteiger partial charge in [-0.3, -0.25) is 0 Å². The minimum absolute atomic E-state index is 0.0831. The summed E-state index contributed by atoms with van der Waals surface area (Å²) in [5.74, 6) is 0.0831. The van der Waals surface area contributed by atoms with Crippen LogP contribution in [0.4, 0.5) is 0 Å². The predicted octanol–water partition coefficient (Wildman–Crippen LogP) is 3.51. The molecule has 0 aliphatic rings. The lowest BCUT2D eigenvalue weighted by atomic mass is 9.92. The number of hydrogen-bond acceptors (Lipinski definition) is 2. The van der Waals surface area contributed by atoms with Crippen molar-refractivity contribution in [1.82, 2.24) is 0 Å². The van der Waals surface area contributed by atoms with Crippen molar-refractivity contribution in [2.75, 3.05) is 6.54 Å². The van der Waals surface area contributed by atoms with Crippen molar-refractivity contribution < 1.29 is 5.11 Å². The standard InChI is InChI=1S/C12H17BrClNO/c1-2-3-8(7-15)12(16)10-6-9(14)4-5-11(10)13/h4-6,8,12,16H,2-3,7,15H2,1H3. The summed E-state index contributed by atoms with van der Waals surface area (Å²) in [5.41, 5.74) is 6.49. The van der Waals surface area contributed by atoms with Gasteiger partial charge in [0.05, 0.1) is 6.10 Å². The Hall–Kier alpha value is -0.0900. The van der Waals surface area contributed by atoms with Gasteiger partial charge in [0, 0.05) is 15.4 Å². The van der Waals surface area contributed by atoms with Crippen molar-refractivity contribution in [2.45, 2.75) is 25.9 Å². The molecule has 0 saturated carbocycles. The van der Waals surface area contributed by atoms with E-state index in [-0.39, 0.29) is 5.92 Å². The molecule has 0 aromatic heterocycles. The number of nitrogens with two attached hydrogens (primary N) is 1. The maximum absolute atomic E-state index is 10.2. The van der Waals surface area contributed by atoms with Crippen molar-refractivity contribution >= 4 is 27.5 Å². The van der Waals surface area contributed by atoms with E-state index in [1.165, 1.54) is 0 Å². The van der Waals surface area contributed by atoms with Gasteiger partial charge in [0.15, 0.2) is 0 Å². The minimum atomic E-state index is -0.557. The number of aliphatic hydroxyl groups excluding tert-OH is 1. The Kier molecular flexibility index (Phi) is 5.76. The Morgan fingerprint density at radius 3 is 2.75 bits per heavy atom. The summed E-state index contributed by atoms with van der Waals surface area (Å²) in [6, 6.07) is 5.42. The van der Waals surface area contributed by atoms with Crippen LogP contribution in [0.25, 0.3) is 0 Å². The highest BCUT2D eigenvalue weighted by atomic mass is 79.9. The first-order valence-corrected chi connectivity index (χ1v) is 6.60. The van der Waals surface area contributed by atoms with E-state index in [0.717, 1.165) is 22.9 Å². The summed E-state index contributed by atoms with van der Waals surface area (Å²) in [6.45, 7) is 2.57. The van der Waals surface area contributed by atoms with Crippen LogP contribution in [-0.2, 0) is 0 Å². The highest BCUT2D eigenvalue weighted by Gasteiger charge is 2.21. The van der Waals surface area contributed by atoms with Crippen LogP contribution >= 0.6 is 27.5 Å². The van der Waals surface area contributed by atoms with E-state index in [2.05, 4.69) is 22.9 Å². The fourth-order valence-corrected chi connectivity index (χ4v) is 2.43. The molecule has 16 heavy (non-hydrogen) atoms. The van der Waals surface area contributed by atoms with Gasteiger partial charge in [-0.2, -0.15) is 0 Å². The van der Waals surface area contributed by atoms with Gasteiger partial charge in [-0.05, 0) is 36.7 Å². The van der Waals surface area contributed by atoms with E-state index in [9.17, 15) is 5.11 Å². The first kappa shape index (κ1) is 14.0. The molecule has 2 atom stereocenters. The van der Waals surface area contributed by atoms with E-state index in [0.29, 0.717) is 11.6 Å². The zero-order chi connectivity index (χ0) is 12.1. The lowest BCUT2D eigenvalue weighted by Crippen LogP contribution is -2.22. The van der Waals surface area contributed by atoms with E-state index in [4.69, 9.17) is 17.3 Å². The van der Waals surface area contributed by atoms with Crippen LogP contribution < -0.4 is 5.73 Å². The second kappa shape index (κ2) is 6.60. The van der Waals surface area contributed by atoms with Gasteiger partial charge in [-0.25, -0.2) is 0 Å². The molecule has 0 saturated heterocycles. The number of hydrogen-bond donors (Lipinski definition) is 2. The van der Waals surface area contributed by atoms with Gasteiger partial charge in [-0.1, -0.05) is 40.9 Å². The molecule has 0 fully saturated rings. The lowest BCUT2D eigenvalue weighted by molar-refractivity contribution is 0.106. The molecule has 0 heterocycles. The summed E-state index contributed by atoms with van der Waals surface area (Å²) < 4.78 is 0.874. The number of aliphatic hydroxyl groups is 1. The highest BCUT2D eigenvalue weighted by Crippen LogP contribution is 2.32. The Balaban J connectivity index is 2.93. The fraction of sp³-hybridized carbons (Fsp3) is 0.500.